The van der Waals surface area contributed by atoms with E-state index in [9.17, 15) is 0 Å². The first-order chi connectivity index (χ1) is 33.2. The SMILES string of the molecule is CC.c1ccc(-c2nc(-c3cccc(-n4c5ccc6ccccc6c5c5cccc(-c6ccc7c(c6)sc6ccc8ccccc8c67)c54)c3)nc(-c3ccc4c(c3)oc3ccccc34)n2)cc1. The lowest BCUT2D eigenvalue weighted by Crippen LogP contribution is -2.01. The number of furan rings is 1. The standard InChI is InChI=1S/C59H34N4OS.C2H6/c1-2-14-37(15-3-1)57-60-58(62-59(61-57)40-25-28-46-45-20-8-9-23-50(45)64-51(46)33-40)39-16-10-17-41(32-39)63-49-30-26-35-12-4-6-18-42(35)54(49)48-22-11-21-44(56(48)63)38-24-29-47-53(34-38)65-52-31-27-36-13-5-7-19-43(36)55(47)52;1-2/h1-34H;1-2H3. The van der Waals surface area contributed by atoms with Gasteiger partial charge in [-0.2, -0.15) is 0 Å². The maximum absolute atomic E-state index is 6.32. The summed E-state index contributed by atoms with van der Waals surface area (Å²) < 4.78 is 11.3. The molecule has 14 rings (SSSR count). The molecule has 0 spiro atoms. The summed E-state index contributed by atoms with van der Waals surface area (Å²) in [4.78, 5) is 15.4. The normalized spacial score (nSPS) is 11.7. The minimum absolute atomic E-state index is 0.580. The molecule has 0 N–H and O–H groups in total. The van der Waals surface area contributed by atoms with Crippen LogP contribution in [0.1, 0.15) is 13.8 Å². The van der Waals surface area contributed by atoms with Crippen molar-refractivity contribution in [1.82, 2.24) is 19.5 Å². The van der Waals surface area contributed by atoms with E-state index in [1.54, 1.807) is 0 Å². The summed E-state index contributed by atoms with van der Waals surface area (Å²) in [6.45, 7) is 4.00. The predicted octanol–water partition coefficient (Wildman–Crippen LogP) is 17.2. The molecule has 0 aliphatic heterocycles. The molecule has 4 aromatic heterocycles. The van der Waals surface area contributed by atoms with Crippen molar-refractivity contribution in [2.45, 2.75) is 13.8 Å². The highest BCUT2D eigenvalue weighted by molar-refractivity contribution is 7.26. The summed E-state index contributed by atoms with van der Waals surface area (Å²) >= 11 is 1.87. The van der Waals surface area contributed by atoms with Gasteiger partial charge in [0.1, 0.15) is 11.2 Å². The smallest absolute Gasteiger partial charge is 0.164 e. The van der Waals surface area contributed by atoms with Gasteiger partial charge >= 0.3 is 0 Å². The number of hydrogen-bond donors (Lipinski definition) is 0. The number of benzene rings is 10. The van der Waals surface area contributed by atoms with Crippen LogP contribution < -0.4 is 0 Å². The zero-order chi connectivity index (χ0) is 44.6. The van der Waals surface area contributed by atoms with Crippen LogP contribution in [0.15, 0.2) is 211 Å². The number of thiophene rings is 1. The maximum Gasteiger partial charge on any atom is 0.164 e. The van der Waals surface area contributed by atoms with Crippen LogP contribution >= 0.6 is 11.3 Å². The molecule has 0 radical (unpaired) electrons. The highest BCUT2D eigenvalue weighted by Gasteiger charge is 2.21. The van der Waals surface area contributed by atoms with Gasteiger partial charge in [0, 0.05) is 69.7 Å². The Bertz CT molecular complexity index is 4260. The lowest BCUT2D eigenvalue weighted by molar-refractivity contribution is 0.669. The monoisotopic (exact) mass is 876 g/mol. The van der Waals surface area contributed by atoms with Crippen LogP contribution in [0.5, 0.6) is 0 Å². The third-order valence-electron chi connectivity index (χ3n) is 13.0. The minimum Gasteiger partial charge on any atom is -0.456 e. The van der Waals surface area contributed by atoms with Gasteiger partial charge in [0.2, 0.25) is 0 Å². The molecule has 0 atom stereocenters. The summed E-state index contributed by atoms with van der Waals surface area (Å²) in [5.41, 5.74) is 9.98. The first-order valence-electron chi connectivity index (χ1n) is 22.8. The zero-order valence-corrected chi connectivity index (χ0v) is 37.6. The molecule has 5 nitrogen and oxygen atoms in total. The Hall–Kier alpha value is -8.45. The molecule has 0 aliphatic carbocycles. The first kappa shape index (κ1) is 39.0. The number of fused-ring (bicyclic) bond motifs is 13. The van der Waals surface area contributed by atoms with Gasteiger partial charge in [-0.1, -0.05) is 172 Å². The fourth-order valence-electron chi connectivity index (χ4n) is 10.1. The molecular formula is C61H40N4OS. The van der Waals surface area contributed by atoms with E-state index >= 15 is 0 Å². The van der Waals surface area contributed by atoms with Gasteiger partial charge in [0.05, 0.1) is 11.0 Å². The molecule has 14 aromatic rings. The van der Waals surface area contributed by atoms with E-state index in [2.05, 4.69) is 156 Å². The van der Waals surface area contributed by atoms with Crippen LogP contribution in [-0.4, -0.2) is 19.5 Å². The van der Waals surface area contributed by atoms with E-state index in [1.807, 2.05) is 79.8 Å². The predicted molar refractivity (Wildman–Crippen MR) is 282 cm³/mol. The van der Waals surface area contributed by atoms with Crippen molar-refractivity contribution >= 4 is 96.8 Å². The Morgan fingerprint density at radius 3 is 1.79 bits per heavy atom. The quantitative estimate of drug-likeness (QED) is 0.173. The summed E-state index contributed by atoms with van der Waals surface area (Å²) in [7, 11) is 0. The average molecular weight is 877 g/mol. The third-order valence-corrected chi connectivity index (χ3v) is 14.1. The van der Waals surface area contributed by atoms with Gasteiger partial charge in [0.25, 0.3) is 0 Å². The van der Waals surface area contributed by atoms with Crippen LogP contribution in [-0.2, 0) is 0 Å². The van der Waals surface area contributed by atoms with Crippen molar-refractivity contribution in [3.8, 4) is 51.0 Å². The molecular weight excluding hydrogens is 837 g/mol. The highest BCUT2D eigenvalue weighted by atomic mass is 32.1. The van der Waals surface area contributed by atoms with Gasteiger partial charge in [0.15, 0.2) is 17.5 Å². The van der Waals surface area contributed by atoms with Crippen molar-refractivity contribution in [2.24, 2.45) is 0 Å². The van der Waals surface area contributed by atoms with Gasteiger partial charge in [-0.3, -0.25) is 0 Å². The van der Waals surface area contributed by atoms with Crippen LogP contribution in [0.4, 0.5) is 0 Å². The van der Waals surface area contributed by atoms with Gasteiger partial charge in [-0.05, 0) is 75.6 Å². The van der Waals surface area contributed by atoms with E-state index in [1.165, 1.54) is 63.6 Å². The van der Waals surface area contributed by atoms with E-state index in [0.717, 1.165) is 55.3 Å². The summed E-state index contributed by atoms with van der Waals surface area (Å²) in [6, 6.07) is 73.4. The highest BCUT2D eigenvalue weighted by Crippen LogP contribution is 2.45. The largest absolute Gasteiger partial charge is 0.456 e. The van der Waals surface area contributed by atoms with Crippen molar-refractivity contribution in [1.29, 1.82) is 0 Å². The van der Waals surface area contributed by atoms with Crippen molar-refractivity contribution < 1.29 is 4.42 Å². The molecule has 0 bridgehead atoms. The molecule has 6 heteroatoms. The fourth-order valence-corrected chi connectivity index (χ4v) is 11.2. The molecule has 0 unspecified atom stereocenters. The number of para-hydroxylation sites is 2. The summed E-state index contributed by atoms with van der Waals surface area (Å²) in [6.07, 6.45) is 0. The van der Waals surface area contributed by atoms with Gasteiger partial charge in [-0.15, -0.1) is 11.3 Å². The molecule has 0 saturated carbocycles. The maximum atomic E-state index is 6.32. The molecule has 316 valence electrons. The van der Waals surface area contributed by atoms with Crippen molar-refractivity contribution in [3.63, 3.8) is 0 Å². The Labute approximate surface area is 389 Å². The van der Waals surface area contributed by atoms with Gasteiger partial charge in [-0.25, -0.2) is 15.0 Å². The lowest BCUT2D eigenvalue weighted by atomic mass is 9.98. The number of nitrogens with zero attached hydrogens (tertiary/aromatic N) is 4. The molecule has 67 heavy (non-hydrogen) atoms. The summed E-state index contributed by atoms with van der Waals surface area (Å²) in [5.74, 6) is 1.78. The first-order valence-corrected chi connectivity index (χ1v) is 23.7. The second kappa shape index (κ2) is 15.6. The molecule has 0 saturated heterocycles. The number of hydrogen-bond acceptors (Lipinski definition) is 5. The minimum atomic E-state index is 0.580. The zero-order valence-electron chi connectivity index (χ0n) is 36.7. The second-order valence-electron chi connectivity index (χ2n) is 16.7. The Morgan fingerprint density at radius 2 is 0.985 bits per heavy atom. The van der Waals surface area contributed by atoms with Crippen LogP contribution in [0.25, 0.3) is 136 Å². The third kappa shape index (κ3) is 6.25. The average Bonchev–Trinajstić information content (AvgIpc) is 4.09. The molecule has 0 amide bonds. The van der Waals surface area contributed by atoms with Crippen LogP contribution in [0.2, 0.25) is 0 Å². The Balaban J connectivity index is 0.00000220. The van der Waals surface area contributed by atoms with Crippen molar-refractivity contribution in [3.05, 3.63) is 206 Å². The van der Waals surface area contributed by atoms with Gasteiger partial charge < -0.3 is 8.98 Å². The topological polar surface area (TPSA) is 56.7 Å². The Morgan fingerprint density at radius 1 is 0.388 bits per heavy atom. The van der Waals surface area contributed by atoms with E-state index < -0.39 is 0 Å². The molecule has 0 fully saturated rings. The molecule has 0 aliphatic rings. The fraction of sp³-hybridized carbons (Fsp3) is 0.0328. The number of aromatic nitrogens is 4. The molecule has 4 heterocycles. The van der Waals surface area contributed by atoms with Crippen LogP contribution in [0.3, 0.4) is 0 Å². The molecule has 10 aromatic carbocycles. The van der Waals surface area contributed by atoms with E-state index in [-0.39, 0.29) is 0 Å². The van der Waals surface area contributed by atoms with Crippen molar-refractivity contribution in [2.75, 3.05) is 0 Å². The van der Waals surface area contributed by atoms with E-state index in [0.29, 0.717) is 17.5 Å². The lowest BCUT2D eigenvalue weighted by Gasteiger charge is -2.14. The van der Waals surface area contributed by atoms with Crippen LogP contribution in [0, 0.1) is 0 Å². The van der Waals surface area contributed by atoms with E-state index in [4.69, 9.17) is 19.4 Å². The number of rotatable bonds is 5. The Kier molecular flexibility index (Phi) is 9.08. The summed E-state index contributed by atoms with van der Waals surface area (Å²) in [5, 5.41) is 12.2. The second-order valence-corrected chi connectivity index (χ2v) is 17.8.